The van der Waals surface area contributed by atoms with Crippen LogP contribution >= 0.6 is 0 Å². The number of esters is 3. The quantitative estimate of drug-likeness (QED) is 0.0819. The number of rotatable bonds is 28. The van der Waals surface area contributed by atoms with Gasteiger partial charge in [-0.05, 0) is 25.7 Å². The van der Waals surface area contributed by atoms with E-state index in [0.29, 0.717) is 25.7 Å². The minimum atomic E-state index is -1.11. The molecule has 0 heterocycles. The van der Waals surface area contributed by atoms with Crippen molar-refractivity contribution < 1.29 is 72.5 Å². The van der Waals surface area contributed by atoms with E-state index in [9.17, 15) is 28.8 Å². The topological polar surface area (TPSA) is 218 Å². The number of ether oxygens (including phenoxy) is 6. The molecular weight excluding hydrogens is 600 g/mol. The number of carbonyl (C=O) groups excluding carboxylic acids is 3. The van der Waals surface area contributed by atoms with Gasteiger partial charge in [0.15, 0.2) is 0 Å². The van der Waals surface area contributed by atoms with Crippen LogP contribution in [0.2, 0.25) is 0 Å². The highest BCUT2D eigenvalue weighted by atomic mass is 16.6. The lowest BCUT2D eigenvalue weighted by Gasteiger charge is -2.33. The average Bonchev–Trinajstić information content (AvgIpc) is 2.99. The zero-order valence-corrected chi connectivity index (χ0v) is 26.8. The molecule has 0 saturated carbocycles. The molecule has 0 spiro atoms. The number of carboxylic acid groups (broad SMARTS) is 3. The first-order valence-electron chi connectivity index (χ1n) is 15.3. The Kier molecular flexibility index (Phi) is 22.2. The lowest BCUT2D eigenvalue weighted by molar-refractivity contribution is -0.160. The molecule has 0 radical (unpaired) electrons. The van der Waals surface area contributed by atoms with Gasteiger partial charge in [-0.2, -0.15) is 0 Å². The summed E-state index contributed by atoms with van der Waals surface area (Å²) in [5.74, 6) is -5.26. The largest absolute Gasteiger partial charge is 0.481 e. The molecule has 0 saturated heterocycles. The van der Waals surface area contributed by atoms with Crippen molar-refractivity contribution in [2.45, 2.75) is 110 Å². The van der Waals surface area contributed by atoms with Crippen LogP contribution in [-0.2, 0) is 57.2 Å². The van der Waals surface area contributed by atoms with Gasteiger partial charge in [0.05, 0.1) is 78.2 Å². The van der Waals surface area contributed by atoms with Gasteiger partial charge in [0.2, 0.25) is 0 Å². The van der Waals surface area contributed by atoms with Crippen molar-refractivity contribution in [3.05, 3.63) is 0 Å². The summed E-state index contributed by atoms with van der Waals surface area (Å²) < 4.78 is 33.8. The molecule has 0 aliphatic rings. The van der Waals surface area contributed by atoms with Gasteiger partial charge in [0, 0.05) is 5.41 Å². The van der Waals surface area contributed by atoms with Crippen LogP contribution in [0.4, 0.5) is 0 Å². The van der Waals surface area contributed by atoms with Crippen molar-refractivity contribution in [3.8, 4) is 0 Å². The molecule has 3 atom stereocenters. The average molecular weight is 651 g/mol. The first-order chi connectivity index (χ1) is 21.3. The molecular formula is C30H50O15. The third kappa shape index (κ3) is 21.1. The summed E-state index contributed by atoms with van der Waals surface area (Å²) in [6, 6.07) is 0. The lowest BCUT2D eigenvalue weighted by atomic mass is 9.88. The van der Waals surface area contributed by atoms with Crippen molar-refractivity contribution in [2.24, 2.45) is 5.41 Å². The fourth-order valence-corrected chi connectivity index (χ4v) is 3.72. The molecule has 0 aromatic heterocycles. The van der Waals surface area contributed by atoms with Crippen LogP contribution in [0.5, 0.6) is 0 Å². The molecule has 260 valence electrons. The van der Waals surface area contributed by atoms with E-state index < -0.39 is 59.5 Å². The Balaban J connectivity index is 5.36. The zero-order chi connectivity index (χ0) is 34.3. The van der Waals surface area contributed by atoms with Crippen LogP contribution in [0.3, 0.4) is 0 Å². The summed E-state index contributed by atoms with van der Waals surface area (Å²) in [6.45, 7) is 7.71. The maximum atomic E-state index is 12.0. The number of carbonyl (C=O) groups is 6. The van der Waals surface area contributed by atoms with E-state index in [1.165, 1.54) is 0 Å². The van der Waals surface area contributed by atoms with Gasteiger partial charge in [0.25, 0.3) is 0 Å². The van der Waals surface area contributed by atoms with E-state index in [2.05, 4.69) is 0 Å². The smallest absolute Gasteiger partial charge is 0.306 e. The van der Waals surface area contributed by atoms with Crippen molar-refractivity contribution in [2.75, 3.05) is 39.6 Å². The maximum Gasteiger partial charge on any atom is 0.306 e. The molecule has 0 aliphatic carbocycles. The molecule has 15 nitrogen and oxygen atoms in total. The molecule has 0 rings (SSSR count). The summed E-state index contributed by atoms with van der Waals surface area (Å²) in [5.41, 5.74) is -0.733. The molecule has 0 aromatic carbocycles. The molecule has 45 heavy (non-hydrogen) atoms. The van der Waals surface area contributed by atoms with E-state index in [0.717, 1.165) is 0 Å². The fraction of sp³-hybridized carbons (Fsp3) is 0.800. The van der Waals surface area contributed by atoms with Crippen molar-refractivity contribution in [1.29, 1.82) is 0 Å². The molecule has 0 amide bonds. The van der Waals surface area contributed by atoms with Gasteiger partial charge in [0.1, 0.15) is 18.3 Å². The highest BCUT2D eigenvalue weighted by Gasteiger charge is 2.32. The molecule has 0 fully saturated rings. The van der Waals surface area contributed by atoms with E-state index in [1.54, 1.807) is 20.8 Å². The standard InChI is InChI=1S/C30H50O15/c1-5-21(43-27(37)12-9-24(31)32)15-40-18-30(8-4,19-41-16-22(6-2)44-28(38)13-10-25(33)34)20-42-17-23(7-3)45-29(39)14-11-26(35)36/h21-23H,5-20H2,1-4H3,(H,31,32)(H,33,34)(H,35,36). The zero-order valence-electron chi connectivity index (χ0n) is 26.8. The summed E-state index contributed by atoms with van der Waals surface area (Å²) >= 11 is 0. The first kappa shape index (κ1) is 41.7. The monoisotopic (exact) mass is 650 g/mol. The molecule has 15 heteroatoms. The minimum Gasteiger partial charge on any atom is -0.481 e. The third-order valence-electron chi connectivity index (χ3n) is 6.78. The SMILES string of the molecule is CCC(COCC(CC)(COCC(CC)OC(=O)CCC(=O)O)COCC(CC)OC(=O)CCC(=O)O)OC(=O)CCC(=O)O. The fourth-order valence-electron chi connectivity index (χ4n) is 3.72. The highest BCUT2D eigenvalue weighted by molar-refractivity contribution is 5.77. The Morgan fingerprint density at radius 3 is 0.956 bits per heavy atom. The van der Waals surface area contributed by atoms with E-state index in [4.69, 9.17) is 43.7 Å². The maximum absolute atomic E-state index is 12.0. The Morgan fingerprint density at radius 1 is 0.489 bits per heavy atom. The number of aliphatic carboxylic acids is 3. The van der Waals surface area contributed by atoms with Crippen molar-refractivity contribution >= 4 is 35.8 Å². The van der Waals surface area contributed by atoms with Gasteiger partial charge >= 0.3 is 35.8 Å². The molecule has 0 bridgehead atoms. The predicted molar refractivity (Wildman–Crippen MR) is 156 cm³/mol. The number of carboxylic acids is 3. The second kappa shape index (κ2) is 24.0. The highest BCUT2D eigenvalue weighted by Crippen LogP contribution is 2.25. The second-order valence-corrected chi connectivity index (χ2v) is 10.6. The second-order valence-electron chi connectivity index (χ2n) is 10.6. The number of hydrogen-bond donors (Lipinski definition) is 3. The summed E-state index contributed by atoms with van der Waals surface area (Å²) in [5, 5.41) is 26.3. The van der Waals surface area contributed by atoms with Gasteiger partial charge < -0.3 is 43.7 Å². The van der Waals surface area contributed by atoms with Crippen molar-refractivity contribution in [3.63, 3.8) is 0 Å². The van der Waals surface area contributed by atoms with Crippen LogP contribution in [0.1, 0.15) is 91.9 Å². The minimum absolute atomic E-state index is 0.0363. The van der Waals surface area contributed by atoms with E-state index in [1.807, 2.05) is 6.92 Å². The Bertz CT molecular complexity index is 807. The number of hydrogen-bond acceptors (Lipinski definition) is 12. The van der Waals surface area contributed by atoms with Gasteiger partial charge in [-0.3, -0.25) is 28.8 Å². The lowest BCUT2D eigenvalue weighted by Crippen LogP contribution is -2.40. The molecule has 3 N–H and O–H groups in total. The van der Waals surface area contributed by atoms with Crippen LogP contribution in [0.25, 0.3) is 0 Å². The predicted octanol–water partition coefficient (Wildman–Crippen LogP) is 2.99. The third-order valence-corrected chi connectivity index (χ3v) is 6.78. The molecule has 0 aromatic rings. The Hall–Kier alpha value is -3.30. The van der Waals surface area contributed by atoms with Gasteiger partial charge in [-0.25, -0.2) is 0 Å². The normalized spacial score (nSPS) is 14.4. The Morgan fingerprint density at radius 2 is 0.756 bits per heavy atom. The van der Waals surface area contributed by atoms with Crippen molar-refractivity contribution in [1.82, 2.24) is 0 Å². The Labute approximate surface area is 263 Å². The van der Waals surface area contributed by atoms with Gasteiger partial charge in [-0.15, -0.1) is 0 Å². The summed E-state index contributed by atoms with van der Waals surface area (Å²) in [7, 11) is 0. The first-order valence-corrected chi connectivity index (χ1v) is 15.3. The van der Waals surface area contributed by atoms with Crippen LogP contribution in [0.15, 0.2) is 0 Å². The summed E-state index contributed by atoms with van der Waals surface area (Å²) in [4.78, 5) is 68.2. The summed E-state index contributed by atoms with van der Waals surface area (Å²) in [6.07, 6.45) is -1.81. The molecule has 3 unspecified atom stereocenters. The van der Waals surface area contributed by atoms with Gasteiger partial charge in [-0.1, -0.05) is 27.7 Å². The van der Waals surface area contributed by atoms with Crippen LogP contribution in [0, 0.1) is 5.41 Å². The van der Waals surface area contributed by atoms with Crippen LogP contribution < -0.4 is 0 Å². The van der Waals surface area contributed by atoms with E-state index >= 15 is 0 Å². The van der Waals surface area contributed by atoms with Crippen LogP contribution in [-0.4, -0.2) is 109 Å². The molecule has 0 aliphatic heterocycles. The van der Waals surface area contributed by atoms with E-state index in [-0.39, 0.29) is 78.2 Å².